The van der Waals surface area contributed by atoms with Gasteiger partial charge in [-0.1, -0.05) is 0 Å². The Balaban J connectivity index is 2.05. The summed E-state index contributed by atoms with van der Waals surface area (Å²) in [6.07, 6.45) is 2.93. The maximum Gasteiger partial charge on any atom is 0.142 e. The average Bonchev–Trinajstić information content (AvgIpc) is 2.55. The summed E-state index contributed by atoms with van der Waals surface area (Å²) in [5.74, 6) is 1.00. The Labute approximate surface area is 124 Å². The second-order valence-corrected chi connectivity index (χ2v) is 6.13. The topological polar surface area (TPSA) is 39.6 Å². The van der Waals surface area contributed by atoms with Crippen molar-refractivity contribution in [3.63, 3.8) is 0 Å². The predicted octanol–water partition coefficient (Wildman–Crippen LogP) is 2.11. The molecule has 1 aliphatic heterocycles. The number of rotatable bonds is 3. The van der Waals surface area contributed by atoms with Gasteiger partial charge >= 0.3 is 0 Å². The van der Waals surface area contributed by atoms with Crippen molar-refractivity contribution in [1.29, 1.82) is 0 Å². The molecule has 1 fully saturated rings. The molecule has 4 nitrogen and oxygen atoms in total. The Morgan fingerprint density at radius 2 is 2.06 bits per heavy atom. The summed E-state index contributed by atoms with van der Waals surface area (Å²) in [5.41, 5.74) is 0. The average molecular weight is 379 g/mol. The zero-order chi connectivity index (χ0) is 13.0. The molecule has 6 heteroatoms. The van der Waals surface area contributed by atoms with E-state index in [0.29, 0.717) is 0 Å². The number of anilines is 1. The van der Waals surface area contributed by atoms with E-state index in [1.807, 2.05) is 12.3 Å². The van der Waals surface area contributed by atoms with Gasteiger partial charge in [0, 0.05) is 36.8 Å². The Hall–Kier alpha value is -0.170. The van der Waals surface area contributed by atoms with E-state index < -0.39 is 0 Å². The lowest BCUT2D eigenvalue weighted by molar-refractivity contribution is 0.204. The van der Waals surface area contributed by atoms with Gasteiger partial charge in [0.05, 0.1) is 11.1 Å². The minimum absolute atomic E-state index is 0.236. The fourth-order valence-electron chi connectivity index (χ4n) is 2.19. The van der Waals surface area contributed by atoms with E-state index in [1.165, 1.54) is 0 Å². The fraction of sp³-hybridized carbons (Fsp3) is 0.583. The molecule has 1 aromatic rings. The normalized spacial score (nSPS) is 17.8. The van der Waals surface area contributed by atoms with Crippen LogP contribution in [-0.2, 0) is 0 Å². The highest BCUT2D eigenvalue weighted by molar-refractivity contribution is 9.11. The summed E-state index contributed by atoms with van der Waals surface area (Å²) in [7, 11) is 0. The zero-order valence-corrected chi connectivity index (χ0v) is 13.3. The highest BCUT2D eigenvalue weighted by Crippen LogP contribution is 2.27. The molecule has 0 unspecified atom stereocenters. The highest BCUT2D eigenvalue weighted by atomic mass is 79.9. The monoisotopic (exact) mass is 377 g/mol. The number of hydrogen-bond acceptors (Lipinski definition) is 4. The summed E-state index contributed by atoms with van der Waals surface area (Å²) in [5, 5.41) is 8.99. The van der Waals surface area contributed by atoms with Gasteiger partial charge in [0.2, 0.25) is 0 Å². The zero-order valence-electron chi connectivity index (χ0n) is 10.1. The Morgan fingerprint density at radius 3 is 2.78 bits per heavy atom. The quantitative estimate of drug-likeness (QED) is 0.874. The van der Waals surface area contributed by atoms with Crippen LogP contribution in [0.3, 0.4) is 0 Å². The molecule has 0 saturated carbocycles. The van der Waals surface area contributed by atoms with Crippen LogP contribution >= 0.6 is 31.9 Å². The van der Waals surface area contributed by atoms with E-state index in [1.54, 1.807) is 0 Å². The van der Waals surface area contributed by atoms with E-state index in [0.717, 1.165) is 53.9 Å². The minimum Gasteiger partial charge on any atom is -0.395 e. The molecule has 2 rings (SSSR count). The van der Waals surface area contributed by atoms with Crippen molar-refractivity contribution in [2.75, 3.05) is 44.2 Å². The van der Waals surface area contributed by atoms with E-state index in [9.17, 15) is 0 Å². The van der Waals surface area contributed by atoms with Gasteiger partial charge in [0.1, 0.15) is 5.82 Å². The van der Waals surface area contributed by atoms with Gasteiger partial charge in [-0.2, -0.15) is 0 Å². The number of aromatic nitrogens is 1. The second kappa shape index (κ2) is 6.84. The Morgan fingerprint density at radius 1 is 1.22 bits per heavy atom. The van der Waals surface area contributed by atoms with Crippen LogP contribution in [0.25, 0.3) is 0 Å². The maximum absolute atomic E-state index is 8.99. The first-order valence-corrected chi connectivity index (χ1v) is 7.68. The number of halogens is 2. The number of nitrogens with zero attached hydrogens (tertiary/aromatic N) is 3. The third-order valence-corrected chi connectivity index (χ3v) is 4.11. The van der Waals surface area contributed by atoms with Crippen LogP contribution in [-0.4, -0.2) is 54.3 Å². The van der Waals surface area contributed by atoms with Crippen LogP contribution in [0.15, 0.2) is 21.2 Å². The standard InChI is InChI=1S/C12H17Br2N3O/c13-10-8-11(14)12(15-9-10)17-3-1-2-16(4-5-17)6-7-18/h8-9,18H,1-7H2. The first kappa shape index (κ1) is 14.2. The molecule has 1 saturated heterocycles. The van der Waals surface area contributed by atoms with Crippen molar-refractivity contribution in [3.05, 3.63) is 21.2 Å². The molecule has 2 heterocycles. The van der Waals surface area contributed by atoms with Gasteiger partial charge in [-0.3, -0.25) is 4.90 Å². The van der Waals surface area contributed by atoms with Gasteiger partial charge in [-0.15, -0.1) is 0 Å². The lowest BCUT2D eigenvalue weighted by atomic mass is 10.3. The third-order valence-electron chi connectivity index (χ3n) is 3.09. The molecule has 0 aromatic carbocycles. The van der Waals surface area contributed by atoms with Crippen molar-refractivity contribution in [1.82, 2.24) is 9.88 Å². The molecule has 0 aliphatic carbocycles. The number of aliphatic hydroxyl groups excluding tert-OH is 1. The molecular formula is C12H17Br2N3O. The van der Waals surface area contributed by atoms with Crippen LogP contribution in [0.4, 0.5) is 5.82 Å². The van der Waals surface area contributed by atoms with Crippen LogP contribution in [0.1, 0.15) is 6.42 Å². The molecule has 0 bridgehead atoms. The van der Waals surface area contributed by atoms with Crippen molar-refractivity contribution < 1.29 is 5.11 Å². The molecular weight excluding hydrogens is 362 g/mol. The largest absolute Gasteiger partial charge is 0.395 e. The summed E-state index contributed by atoms with van der Waals surface area (Å²) in [4.78, 5) is 9.08. The van der Waals surface area contributed by atoms with Crippen LogP contribution in [0.2, 0.25) is 0 Å². The number of hydrogen-bond donors (Lipinski definition) is 1. The van der Waals surface area contributed by atoms with Gasteiger partial charge in [0.15, 0.2) is 0 Å². The van der Waals surface area contributed by atoms with Gasteiger partial charge in [-0.25, -0.2) is 4.98 Å². The van der Waals surface area contributed by atoms with Gasteiger partial charge in [0.25, 0.3) is 0 Å². The van der Waals surface area contributed by atoms with E-state index in [2.05, 4.69) is 46.6 Å². The second-order valence-electron chi connectivity index (χ2n) is 4.36. The molecule has 1 N–H and O–H groups in total. The van der Waals surface area contributed by atoms with Crippen LogP contribution in [0.5, 0.6) is 0 Å². The summed E-state index contributed by atoms with van der Waals surface area (Å²) < 4.78 is 2.00. The SMILES string of the molecule is OCCN1CCCN(c2ncc(Br)cc2Br)CC1. The summed E-state index contributed by atoms with van der Waals surface area (Å²) in [6, 6.07) is 2.03. The fourth-order valence-corrected chi connectivity index (χ4v) is 3.43. The maximum atomic E-state index is 8.99. The molecule has 18 heavy (non-hydrogen) atoms. The third kappa shape index (κ3) is 3.66. The first-order chi connectivity index (χ1) is 8.70. The van der Waals surface area contributed by atoms with Crippen molar-refractivity contribution in [2.45, 2.75) is 6.42 Å². The Bertz CT molecular complexity index is 403. The number of pyridine rings is 1. The molecule has 0 spiro atoms. The molecule has 0 amide bonds. The molecule has 100 valence electrons. The van der Waals surface area contributed by atoms with Crippen molar-refractivity contribution in [2.24, 2.45) is 0 Å². The predicted molar refractivity (Wildman–Crippen MR) is 80.0 cm³/mol. The molecule has 0 radical (unpaired) electrons. The minimum atomic E-state index is 0.236. The first-order valence-electron chi connectivity index (χ1n) is 6.10. The smallest absolute Gasteiger partial charge is 0.142 e. The van der Waals surface area contributed by atoms with Crippen LogP contribution in [0, 0.1) is 0 Å². The number of aliphatic hydroxyl groups is 1. The molecule has 0 atom stereocenters. The van der Waals surface area contributed by atoms with Crippen molar-refractivity contribution >= 4 is 37.7 Å². The lowest BCUT2D eigenvalue weighted by Gasteiger charge is -2.23. The summed E-state index contributed by atoms with van der Waals surface area (Å²) >= 11 is 6.99. The summed E-state index contributed by atoms with van der Waals surface area (Å²) in [6.45, 7) is 4.99. The van der Waals surface area contributed by atoms with E-state index >= 15 is 0 Å². The van der Waals surface area contributed by atoms with Crippen molar-refractivity contribution in [3.8, 4) is 0 Å². The van der Waals surface area contributed by atoms with Gasteiger partial charge in [-0.05, 0) is 50.9 Å². The molecule has 1 aliphatic rings. The lowest BCUT2D eigenvalue weighted by Crippen LogP contribution is -2.32. The molecule has 1 aromatic heterocycles. The van der Waals surface area contributed by atoms with Gasteiger partial charge < -0.3 is 10.0 Å². The highest BCUT2D eigenvalue weighted by Gasteiger charge is 2.17. The Kier molecular flexibility index (Phi) is 5.41. The van der Waals surface area contributed by atoms with E-state index in [4.69, 9.17) is 5.11 Å². The number of β-amino-alcohol motifs (C(OH)–C–C–N with tert-alkyl or cyclic N) is 1. The van der Waals surface area contributed by atoms with E-state index in [-0.39, 0.29) is 6.61 Å². The van der Waals surface area contributed by atoms with Crippen LogP contribution < -0.4 is 4.90 Å².